The maximum absolute atomic E-state index is 15.5. The van der Waals surface area contributed by atoms with Crippen molar-refractivity contribution in [3.8, 4) is 22.8 Å². The van der Waals surface area contributed by atoms with Crippen LogP contribution in [0.15, 0.2) is 73.1 Å². The smallest absolute Gasteiger partial charge is 0.262 e. The molecule has 2 atom stereocenters. The maximum atomic E-state index is 15.5. The van der Waals surface area contributed by atoms with E-state index in [1.54, 1.807) is 0 Å². The molecular weight excluding hydrogens is 643 g/mol. The molecule has 13 nitrogen and oxygen atoms in total. The Hall–Kier alpha value is -6.02. The molecule has 0 saturated carbocycles. The normalized spacial score (nSPS) is 19.6. The summed E-state index contributed by atoms with van der Waals surface area (Å²) in [5.41, 5.74) is 8.62. The molecule has 3 aromatic carbocycles. The molecule has 5 aromatic rings. The van der Waals surface area contributed by atoms with Crippen molar-refractivity contribution < 1.29 is 28.3 Å². The molecule has 3 N–H and O–H groups in total. The fraction of sp³-hybridized carbons (Fsp3) is 0.250. The Morgan fingerprint density at radius 3 is 2.42 bits per heavy atom. The van der Waals surface area contributed by atoms with E-state index in [1.165, 1.54) is 12.4 Å². The zero-order chi connectivity index (χ0) is 34.5. The molecule has 1 unspecified atom stereocenters. The highest BCUT2D eigenvalue weighted by molar-refractivity contribution is 6.23. The topological polar surface area (TPSA) is 166 Å². The maximum Gasteiger partial charge on any atom is 0.262 e. The first-order chi connectivity index (χ1) is 24.2. The third-order valence-corrected chi connectivity index (χ3v) is 9.45. The standard InChI is InChI=1S/C36H31FN8O5/c37-27-16-26-25(35(48)44(36(26)49)28-12-13-29(46)41-34(28)47)15-21(27)17-43-14-4-5-22(18-43)45-33-30(32(38)39-19-40-33)31(42-45)20-8-10-24(11-9-20)50-23-6-2-1-3-7-23/h1-3,6-11,15-16,19,22,28H,4-5,12-14,17-18H2,(H2,38,39,40)(H,41,46,47)/t22-,28?/m1/s1. The van der Waals surface area contributed by atoms with Gasteiger partial charge in [0.15, 0.2) is 5.65 Å². The average Bonchev–Trinajstić information content (AvgIpc) is 3.62. The molecule has 3 aliphatic rings. The summed E-state index contributed by atoms with van der Waals surface area (Å²) in [6.07, 6.45) is 3.02. The lowest BCUT2D eigenvalue weighted by Gasteiger charge is -2.33. The Labute approximate surface area is 284 Å². The quantitative estimate of drug-likeness (QED) is 0.239. The van der Waals surface area contributed by atoms with Gasteiger partial charge in [0.1, 0.15) is 41.2 Å². The minimum absolute atomic E-state index is 0.00119. The number of anilines is 1. The van der Waals surface area contributed by atoms with Gasteiger partial charge in [0.2, 0.25) is 11.8 Å². The summed E-state index contributed by atoms with van der Waals surface area (Å²) in [7, 11) is 0. The minimum Gasteiger partial charge on any atom is -0.457 e. The van der Waals surface area contributed by atoms with E-state index in [2.05, 4.69) is 20.2 Å². The average molecular weight is 675 g/mol. The first-order valence-corrected chi connectivity index (χ1v) is 16.3. The van der Waals surface area contributed by atoms with Crippen LogP contribution < -0.4 is 15.8 Å². The van der Waals surface area contributed by atoms with Crippen molar-refractivity contribution in [2.45, 2.75) is 44.3 Å². The second kappa shape index (κ2) is 12.5. The number of amides is 4. The number of carbonyl (C=O) groups excluding carboxylic acids is 4. The number of aromatic nitrogens is 4. The molecule has 252 valence electrons. The van der Waals surface area contributed by atoms with Gasteiger partial charge in [-0.05, 0) is 74.3 Å². The molecule has 0 aliphatic carbocycles. The van der Waals surface area contributed by atoms with Crippen molar-refractivity contribution >= 4 is 40.5 Å². The number of ether oxygens (including phenoxy) is 1. The molecule has 14 heteroatoms. The van der Waals surface area contributed by atoms with Crippen LogP contribution in [0.2, 0.25) is 0 Å². The summed E-state index contributed by atoms with van der Waals surface area (Å²) in [6.45, 7) is 1.37. The number of likely N-dealkylation sites (tertiary alicyclic amines) is 1. The Balaban J connectivity index is 1.03. The van der Waals surface area contributed by atoms with Crippen LogP contribution in [0.25, 0.3) is 22.3 Å². The van der Waals surface area contributed by atoms with Gasteiger partial charge in [-0.2, -0.15) is 5.10 Å². The number of nitrogen functional groups attached to an aromatic ring is 1. The van der Waals surface area contributed by atoms with Crippen LogP contribution in [0.5, 0.6) is 11.5 Å². The first-order valence-electron chi connectivity index (χ1n) is 16.3. The van der Waals surface area contributed by atoms with Gasteiger partial charge in [-0.1, -0.05) is 18.2 Å². The number of nitrogens with zero attached hydrogens (tertiary/aromatic N) is 6. The summed E-state index contributed by atoms with van der Waals surface area (Å²) in [5, 5.41) is 7.80. The van der Waals surface area contributed by atoms with E-state index in [-0.39, 0.29) is 42.1 Å². The molecule has 2 saturated heterocycles. The zero-order valence-electron chi connectivity index (χ0n) is 26.7. The van der Waals surface area contributed by atoms with Crippen LogP contribution in [0.4, 0.5) is 10.2 Å². The van der Waals surface area contributed by atoms with Crippen LogP contribution in [0.1, 0.15) is 58.0 Å². The van der Waals surface area contributed by atoms with Crippen molar-refractivity contribution in [3.63, 3.8) is 0 Å². The van der Waals surface area contributed by atoms with Gasteiger partial charge < -0.3 is 10.5 Å². The molecule has 2 aromatic heterocycles. The summed E-state index contributed by atoms with van der Waals surface area (Å²) in [6, 6.07) is 18.3. The third-order valence-electron chi connectivity index (χ3n) is 9.45. The first kappa shape index (κ1) is 31.3. The molecule has 0 radical (unpaired) electrons. The summed E-state index contributed by atoms with van der Waals surface area (Å²) in [5.74, 6) is -1.52. The van der Waals surface area contributed by atoms with Crippen LogP contribution in [-0.2, 0) is 16.1 Å². The molecule has 0 spiro atoms. The van der Waals surface area contributed by atoms with E-state index in [0.29, 0.717) is 41.4 Å². The number of fused-ring (bicyclic) bond motifs is 2. The Morgan fingerprint density at radius 2 is 1.66 bits per heavy atom. The Bertz CT molecular complexity index is 2190. The van der Waals surface area contributed by atoms with Gasteiger partial charge >= 0.3 is 0 Å². The molecule has 2 fully saturated rings. The SMILES string of the molecule is Nc1ncnc2c1c(-c1ccc(Oc3ccccc3)cc1)nn2[C@@H]1CCCN(Cc2cc3c(cc2F)C(=O)N(C2CCC(=O)NC2=O)C3=O)C1. The van der Waals surface area contributed by atoms with Crippen molar-refractivity contribution in [2.75, 3.05) is 18.8 Å². The number of piperidine rings is 2. The monoisotopic (exact) mass is 674 g/mol. The fourth-order valence-electron chi connectivity index (χ4n) is 7.03. The third kappa shape index (κ3) is 5.52. The fourth-order valence-corrected chi connectivity index (χ4v) is 7.03. The van der Waals surface area contributed by atoms with Gasteiger partial charge in [0.05, 0.1) is 22.6 Å². The largest absolute Gasteiger partial charge is 0.457 e. The number of carbonyl (C=O) groups is 4. The molecule has 3 aliphatic heterocycles. The van der Waals surface area contributed by atoms with E-state index in [1.807, 2.05) is 59.3 Å². The molecular formula is C36H31FN8O5. The van der Waals surface area contributed by atoms with E-state index in [0.717, 1.165) is 35.1 Å². The van der Waals surface area contributed by atoms with Crippen molar-refractivity contribution in [3.05, 3.63) is 95.6 Å². The summed E-state index contributed by atoms with van der Waals surface area (Å²) < 4.78 is 23.3. The van der Waals surface area contributed by atoms with Gasteiger partial charge in [-0.3, -0.25) is 34.3 Å². The predicted octanol–water partition coefficient (Wildman–Crippen LogP) is 4.25. The van der Waals surface area contributed by atoms with E-state index >= 15 is 4.39 Å². The van der Waals surface area contributed by atoms with E-state index in [4.69, 9.17) is 15.6 Å². The van der Waals surface area contributed by atoms with Crippen molar-refractivity contribution in [1.29, 1.82) is 0 Å². The molecule has 5 heterocycles. The number of nitrogens with two attached hydrogens (primary N) is 1. The molecule has 8 rings (SSSR count). The lowest BCUT2D eigenvalue weighted by Crippen LogP contribution is -2.54. The number of imide groups is 2. The minimum atomic E-state index is -1.12. The van der Waals surface area contributed by atoms with Crippen LogP contribution in [-0.4, -0.2) is 72.3 Å². The number of benzene rings is 3. The van der Waals surface area contributed by atoms with Crippen LogP contribution in [0, 0.1) is 5.82 Å². The van der Waals surface area contributed by atoms with E-state index < -0.39 is 35.5 Å². The van der Waals surface area contributed by atoms with Crippen molar-refractivity contribution in [2.24, 2.45) is 0 Å². The van der Waals surface area contributed by atoms with Crippen LogP contribution >= 0.6 is 0 Å². The van der Waals surface area contributed by atoms with Gasteiger partial charge in [-0.15, -0.1) is 0 Å². The second-order valence-electron chi connectivity index (χ2n) is 12.7. The highest BCUT2D eigenvalue weighted by Crippen LogP contribution is 2.36. The highest BCUT2D eigenvalue weighted by atomic mass is 19.1. The predicted molar refractivity (Wildman–Crippen MR) is 178 cm³/mol. The van der Waals surface area contributed by atoms with Gasteiger partial charge in [-0.25, -0.2) is 19.0 Å². The molecule has 50 heavy (non-hydrogen) atoms. The number of hydrogen-bond acceptors (Lipinski definition) is 10. The second-order valence-corrected chi connectivity index (χ2v) is 12.7. The van der Waals surface area contributed by atoms with Crippen LogP contribution in [0.3, 0.4) is 0 Å². The number of nitrogens with one attached hydrogen (secondary N) is 1. The summed E-state index contributed by atoms with van der Waals surface area (Å²) >= 11 is 0. The number of hydrogen-bond donors (Lipinski definition) is 2. The van der Waals surface area contributed by atoms with Crippen molar-refractivity contribution in [1.82, 2.24) is 34.9 Å². The summed E-state index contributed by atoms with van der Waals surface area (Å²) in [4.78, 5) is 62.3. The molecule has 0 bridgehead atoms. The zero-order valence-corrected chi connectivity index (χ0v) is 26.7. The van der Waals surface area contributed by atoms with Gasteiger partial charge in [0, 0.05) is 30.6 Å². The van der Waals surface area contributed by atoms with Gasteiger partial charge in [0.25, 0.3) is 11.8 Å². The molecule has 4 amide bonds. The number of para-hydroxylation sites is 1. The Kier molecular flexibility index (Phi) is 7.79. The number of rotatable bonds is 7. The number of halogens is 1. The lowest BCUT2D eigenvalue weighted by atomic mass is 10.0. The Morgan fingerprint density at radius 1 is 0.920 bits per heavy atom. The lowest BCUT2D eigenvalue weighted by molar-refractivity contribution is -0.136. The van der Waals surface area contributed by atoms with E-state index in [9.17, 15) is 19.2 Å². The highest BCUT2D eigenvalue weighted by Gasteiger charge is 2.45.